The number of halogens is 1. The van der Waals surface area contributed by atoms with E-state index in [1.165, 1.54) is 0 Å². The molecule has 1 unspecified atom stereocenters. The van der Waals surface area contributed by atoms with E-state index in [9.17, 15) is 9.90 Å². The summed E-state index contributed by atoms with van der Waals surface area (Å²) in [4.78, 5) is 10.6. The number of aliphatic carboxylic acids is 1. The maximum absolute atomic E-state index is 10.6. The van der Waals surface area contributed by atoms with Crippen molar-refractivity contribution >= 4 is 28.6 Å². The molecule has 0 spiro atoms. The van der Waals surface area contributed by atoms with E-state index in [4.69, 9.17) is 5.11 Å². The highest BCUT2D eigenvalue weighted by atomic mass is 127. The molecule has 0 amide bonds. The molecule has 1 aromatic rings. The minimum Gasteiger partial charge on any atom is -0.507 e. The fourth-order valence-corrected chi connectivity index (χ4v) is 1.70. The fourth-order valence-electron chi connectivity index (χ4n) is 1.12. The van der Waals surface area contributed by atoms with Crippen molar-refractivity contribution < 1.29 is 15.0 Å². The zero-order valence-electron chi connectivity index (χ0n) is 7.70. The van der Waals surface area contributed by atoms with Crippen LogP contribution < -0.4 is 0 Å². The normalized spacial score (nSPS) is 12.4. The number of aromatic hydroxyl groups is 1. The summed E-state index contributed by atoms with van der Waals surface area (Å²) in [5, 5.41) is 18.0. The summed E-state index contributed by atoms with van der Waals surface area (Å²) in [6.45, 7) is 1.67. The minimum absolute atomic E-state index is 0.234. The van der Waals surface area contributed by atoms with Crippen LogP contribution in [-0.4, -0.2) is 16.2 Å². The lowest BCUT2D eigenvalue weighted by Gasteiger charge is -2.06. The maximum Gasteiger partial charge on any atom is 0.306 e. The van der Waals surface area contributed by atoms with Crippen molar-refractivity contribution in [2.24, 2.45) is 5.92 Å². The van der Waals surface area contributed by atoms with Gasteiger partial charge in [0.05, 0.1) is 9.49 Å². The summed E-state index contributed by atoms with van der Waals surface area (Å²) in [7, 11) is 0. The lowest BCUT2D eigenvalue weighted by molar-refractivity contribution is -0.141. The van der Waals surface area contributed by atoms with Crippen LogP contribution in [0.1, 0.15) is 12.5 Å². The molecule has 76 valence electrons. The van der Waals surface area contributed by atoms with E-state index < -0.39 is 11.9 Å². The van der Waals surface area contributed by atoms with Gasteiger partial charge in [0.15, 0.2) is 0 Å². The Balaban J connectivity index is 2.78. The van der Waals surface area contributed by atoms with Gasteiger partial charge in [0.1, 0.15) is 5.75 Å². The zero-order valence-corrected chi connectivity index (χ0v) is 9.85. The fraction of sp³-hybridized carbons (Fsp3) is 0.300. The lowest BCUT2D eigenvalue weighted by Crippen LogP contribution is -2.12. The van der Waals surface area contributed by atoms with Crippen molar-refractivity contribution in [3.63, 3.8) is 0 Å². The maximum atomic E-state index is 10.6. The van der Waals surface area contributed by atoms with Gasteiger partial charge in [-0.2, -0.15) is 0 Å². The first-order valence-corrected chi connectivity index (χ1v) is 5.28. The van der Waals surface area contributed by atoms with Gasteiger partial charge in [-0.15, -0.1) is 0 Å². The van der Waals surface area contributed by atoms with Crippen LogP contribution in [0, 0.1) is 9.49 Å². The Morgan fingerprint density at radius 3 is 2.71 bits per heavy atom. The molecule has 0 fully saturated rings. The highest BCUT2D eigenvalue weighted by molar-refractivity contribution is 14.1. The lowest BCUT2D eigenvalue weighted by atomic mass is 10.0. The quantitative estimate of drug-likeness (QED) is 0.842. The van der Waals surface area contributed by atoms with Crippen LogP contribution in [0.3, 0.4) is 0 Å². The van der Waals surface area contributed by atoms with E-state index in [2.05, 4.69) is 0 Å². The number of phenols is 1. The van der Waals surface area contributed by atoms with E-state index in [0.717, 1.165) is 9.13 Å². The van der Waals surface area contributed by atoms with Crippen molar-refractivity contribution in [1.82, 2.24) is 0 Å². The van der Waals surface area contributed by atoms with Gasteiger partial charge in [-0.3, -0.25) is 4.79 Å². The van der Waals surface area contributed by atoms with Crippen LogP contribution in [0.25, 0.3) is 0 Å². The Morgan fingerprint density at radius 1 is 1.57 bits per heavy atom. The molecule has 0 bridgehead atoms. The Kier molecular flexibility index (Phi) is 3.74. The molecular formula is C10H11IO3. The molecule has 0 saturated heterocycles. The molecule has 3 nitrogen and oxygen atoms in total. The van der Waals surface area contributed by atoms with Gasteiger partial charge in [0, 0.05) is 0 Å². The first-order valence-electron chi connectivity index (χ1n) is 4.21. The van der Waals surface area contributed by atoms with Gasteiger partial charge in [-0.25, -0.2) is 0 Å². The summed E-state index contributed by atoms with van der Waals surface area (Å²) >= 11 is 2.02. The monoisotopic (exact) mass is 306 g/mol. The largest absolute Gasteiger partial charge is 0.507 e. The average Bonchev–Trinajstić information content (AvgIpc) is 2.11. The van der Waals surface area contributed by atoms with Crippen LogP contribution in [0.2, 0.25) is 0 Å². The van der Waals surface area contributed by atoms with Gasteiger partial charge in [0.2, 0.25) is 0 Å². The van der Waals surface area contributed by atoms with Gasteiger partial charge >= 0.3 is 5.97 Å². The Labute approximate surface area is 95.9 Å². The third-order valence-electron chi connectivity index (χ3n) is 1.98. The van der Waals surface area contributed by atoms with E-state index in [-0.39, 0.29) is 5.75 Å². The van der Waals surface area contributed by atoms with E-state index in [1.807, 2.05) is 22.6 Å². The number of phenolic OH excluding ortho intramolecular Hbond substituents is 1. The molecule has 0 aromatic heterocycles. The molecule has 1 rings (SSSR count). The summed E-state index contributed by atoms with van der Waals surface area (Å²) in [6, 6.07) is 5.14. The van der Waals surface area contributed by atoms with Gasteiger partial charge < -0.3 is 10.2 Å². The molecule has 4 heteroatoms. The first-order chi connectivity index (χ1) is 6.50. The van der Waals surface area contributed by atoms with Crippen LogP contribution in [0.15, 0.2) is 18.2 Å². The molecule has 14 heavy (non-hydrogen) atoms. The number of carbonyl (C=O) groups is 1. The third-order valence-corrected chi connectivity index (χ3v) is 2.84. The Morgan fingerprint density at radius 2 is 2.21 bits per heavy atom. The number of carboxylic acids is 1. The Bertz CT molecular complexity index is 349. The molecule has 0 aliphatic heterocycles. The molecule has 0 aliphatic carbocycles. The van der Waals surface area contributed by atoms with Crippen molar-refractivity contribution in [3.8, 4) is 5.75 Å². The molecular weight excluding hydrogens is 295 g/mol. The van der Waals surface area contributed by atoms with Crippen molar-refractivity contribution in [3.05, 3.63) is 27.3 Å². The highest BCUT2D eigenvalue weighted by Crippen LogP contribution is 2.21. The number of carboxylic acid groups (broad SMARTS) is 1. The van der Waals surface area contributed by atoms with Crippen molar-refractivity contribution in [2.75, 3.05) is 0 Å². The second-order valence-corrected chi connectivity index (χ2v) is 4.39. The molecule has 0 saturated carbocycles. The highest BCUT2D eigenvalue weighted by Gasteiger charge is 2.12. The average molecular weight is 306 g/mol. The molecule has 1 aromatic carbocycles. The minimum atomic E-state index is -0.798. The predicted octanol–water partition coefficient (Wildman–Crippen LogP) is 2.26. The second kappa shape index (κ2) is 4.63. The van der Waals surface area contributed by atoms with Gasteiger partial charge in [-0.05, 0) is 46.7 Å². The van der Waals surface area contributed by atoms with Crippen LogP contribution in [0.4, 0.5) is 0 Å². The first kappa shape index (κ1) is 11.3. The summed E-state index contributed by atoms with van der Waals surface area (Å²) in [5.74, 6) is -0.958. The molecule has 0 aliphatic rings. The summed E-state index contributed by atoms with van der Waals surface area (Å²) in [6.07, 6.45) is 0.492. The van der Waals surface area contributed by atoms with E-state index >= 15 is 0 Å². The van der Waals surface area contributed by atoms with Crippen molar-refractivity contribution in [1.29, 1.82) is 0 Å². The van der Waals surface area contributed by atoms with Crippen LogP contribution in [0.5, 0.6) is 5.75 Å². The number of hydrogen-bond donors (Lipinski definition) is 2. The zero-order chi connectivity index (χ0) is 10.7. The van der Waals surface area contributed by atoms with Crippen LogP contribution in [-0.2, 0) is 11.2 Å². The molecule has 0 heterocycles. The van der Waals surface area contributed by atoms with E-state index in [0.29, 0.717) is 6.42 Å². The molecule has 2 N–H and O–H groups in total. The topological polar surface area (TPSA) is 57.5 Å². The van der Waals surface area contributed by atoms with Crippen molar-refractivity contribution in [2.45, 2.75) is 13.3 Å². The van der Waals surface area contributed by atoms with E-state index in [1.54, 1.807) is 25.1 Å². The van der Waals surface area contributed by atoms with Gasteiger partial charge in [0.25, 0.3) is 0 Å². The molecule has 0 radical (unpaired) electrons. The smallest absolute Gasteiger partial charge is 0.306 e. The predicted molar refractivity (Wildman–Crippen MR) is 61.3 cm³/mol. The summed E-state index contributed by atoms with van der Waals surface area (Å²) in [5.41, 5.74) is 0.933. The number of rotatable bonds is 3. The Hall–Kier alpha value is -0.780. The molecule has 1 atom stereocenters. The number of benzene rings is 1. The SMILES string of the molecule is CC(Cc1ccc(O)c(I)c1)C(=O)O. The summed E-state index contributed by atoms with van der Waals surface area (Å²) < 4.78 is 0.748. The van der Waals surface area contributed by atoms with Crippen LogP contribution >= 0.6 is 22.6 Å². The standard InChI is InChI=1S/C10H11IO3/c1-6(10(13)14)4-7-2-3-9(12)8(11)5-7/h2-3,5-6,12H,4H2,1H3,(H,13,14). The third kappa shape index (κ3) is 2.87. The second-order valence-electron chi connectivity index (χ2n) is 3.23. The number of hydrogen-bond acceptors (Lipinski definition) is 2. The van der Waals surface area contributed by atoms with Gasteiger partial charge in [-0.1, -0.05) is 13.0 Å².